The van der Waals surface area contributed by atoms with E-state index in [1.165, 1.54) is 16.7 Å². The van der Waals surface area contributed by atoms with E-state index < -0.39 is 0 Å². The molecule has 104 valence electrons. The molecule has 0 aliphatic carbocycles. The molecule has 2 aromatic carbocycles. The topological polar surface area (TPSA) is 17.1 Å². The molecule has 0 aliphatic heterocycles. The lowest BCUT2D eigenvalue weighted by atomic mass is 9.80. The van der Waals surface area contributed by atoms with E-state index in [9.17, 15) is 4.79 Å². The van der Waals surface area contributed by atoms with Gasteiger partial charge in [0.15, 0.2) is 5.78 Å². The van der Waals surface area contributed by atoms with Crippen LogP contribution in [0.2, 0.25) is 0 Å². The van der Waals surface area contributed by atoms with Crippen molar-refractivity contribution in [3.05, 3.63) is 70.3 Å². The maximum absolute atomic E-state index is 12.5. The van der Waals surface area contributed by atoms with Gasteiger partial charge in [0.25, 0.3) is 0 Å². The Balaban J connectivity index is 2.49. The Hall–Kier alpha value is -1.89. The van der Waals surface area contributed by atoms with Gasteiger partial charge < -0.3 is 0 Å². The molecule has 0 heterocycles. The van der Waals surface area contributed by atoms with Gasteiger partial charge in [0.05, 0.1) is 0 Å². The zero-order valence-corrected chi connectivity index (χ0v) is 12.9. The zero-order valence-electron chi connectivity index (χ0n) is 12.9. The molecular formula is C19H22O. The van der Waals surface area contributed by atoms with Crippen molar-refractivity contribution in [1.29, 1.82) is 0 Å². The standard InChI is InChI=1S/C19H22O/c1-13-11-16(12-14(2)17(13)19(3,4)5)18(20)15-9-7-6-8-10-15/h6-12H,1-5H3. The summed E-state index contributed by atoms with van der Waals surface area (Å²) in [7, 11) is 0. The predicted molar refractivity (Wildman–Crippen MR) is 84.5 cm³/mol. The van der Waals surface area contributed by atoms with Crippen molar-refractivity contribution in [2.24, 2.45) is 0 Å². The molecule has 0 spiro atoms. The van der Waals surface area contributed by atoms with Crippen LogP contribution in [-0.2, 0) is 5.41 Å². The fourth-order valence-corrected chi connectivity index (χ4v) is 3.03. The number of carbonyl (C=O) groups is 1. The van der Waals surface area contributed by atoms with Crippen molar-refractivity contribution in [2.75, 3.05) is 0 Å². The smallest absolute Gasteiger partial charge is 0.193 e. The lowest BCUT2D eigenvalue weighted by Crippen LogP contribution is -2.16. The fourth-order valence-electron chi connectivity index (χ4n) is 3.03. The number of carbonyl (C=O) groups excluding carboxylic acids is 1. The van der Waals surface area contributed by atoms with Crippen LogP contribution in [0.4, 0.5) is 0 Å². The summed E-state index contributed by atoms with van der Waals surface area (Å²) < 4.78 is 0. The van der Waals surface area contributed by atoms with E-state index in [-0.39, 0.29) is 11.2 Å². The lowest BCUT2D eigenvalue weighted by Gasteiger charge is -2.25. The molecule has 0 aromatic heterocycles. The first kappa shape index (κ1) is 14.5. The average Bonchev–Trinajstić information content (AvgIpc) is 2.36. The molecule has 0 amide bonds. The Labute approximate surface area is 121 Å². The van der Waals surface area contributed by atoms with Gasteiger partial charge in [-0.05, 0) is 48.1 Å². The number of aryl methyl sites for hydroxylation is 2. The molecule has 1 nitrogen and oxygen atoms in total. The average molecular weight is 266 g/mol. The first-order valence-electron chi connectivity index (χ1n) is 7.02. The van der Waals surface area contributed by atoms with Gasteiger partial charge >= 0.3 is 0 Å². The molecule has 0 atom stereocenters. The molecule has 2 aromatic rings. The van der Waals surface area contributed by atoms with Gasteiger partial charge in [-0.2, -0.15) is 0 Å². The van der Waals surface area contributed by atoms with Crippen molar-refractivity contribution < 1.29 is 4.79 Å². The largest absolute Gasteiger partial charge is 0.289 e. The van der Waals surface area contributed by atoms with Gasteiger partial charge in [0, 0.05) is 11.1 Å². The summed E-state index contributed by atoms with van der Waals surface area (Å²) in [6.07, 6.45) is 0. The van der Waals surface area contributed by atoms with Crippen molar-refractivity contribution in [1.82, 2.24) is 0 Å². The van der Waals surface area contributed by atoms with Gasteiger partial charge in [-0.1, -0.05) is 51.1 Å². The van der Waals surface area contributed by atoms with Gasteiger partial charge in [-0.15, -0.1) is 0 Å². The number of hydrogen-bond acceptors (Lipinski definition) is 1. The highest BCUT2D eigenvalue weighted by Gasteiger charge is 2.20. The zero-order chi connectivity index (χ0) is 14.9. The predicted octanol–water partition coefficient (Wildman–Crippen LogP) is 4.83. The monoisotopic (exact) mass is 266 g/mol. The number of benzene rings is 2. The Kier molecular flexibility index (Phi) is 3.80. The van der Waals surface area contributed by atoms with Crippen LogP contribution in [0.5, 0.6) is 0 Å². The Bertz CT molecular complexity index is 608. The second-order valence-corrected chi connectivity index (χ2v) is 6.43. The Morgan fingerprint density at radius 2 is 1.35 bits per heavy atom. The molecule has 0 fully saturated rings. The van der Waals surface area contributed by atoms with Crippen LogP contribution in [0.25, 0.3) is 0 Å². The summed E-state index contributed by atoms with van der Waals surface area (Å²) in [6, 6.07) is 13.5. The second-order valence-electron chi connectivity index (χ2n) is 6.43. The molecule has 0 aliphatic rings. The fraction of sp³-hybridized carbons (Fsp3) is 0.316. The summed E-state index contributed by atoms with van der Waals surface area (Å²) in [4.78, 5) is 12.5. The summed E-state index contributed by atoms with van der Waals surface area (Å²) >= 11 is 0. The first-order chi connectivity index (χ1) is 9.30. The maximum atomic E-state index is 12.5. The van der Waals surface area contributed by atoms with E-state index in [1.54, 1.807) is 0 Å². The maximum Gasteiger partial charge on any atom is 0.193 e. The molecular weight excluding hydrogens is 244 g/mol. The minimum absolute atomic E-state index is 0.0947. The van der Waals surface area contributed by atoms with Gasteiger partial charge in [-0.3, -0.25) is 4.79 Å². The van der Waals surface area contributed by atoms with E-state index in [1.807, 2.05) is 42.5 Å². The van der Waals surface area contributed by atoms with Gasteiger partial charge in [-0.25, -0.2) is 0 Å². The molecule has 0 unspecified atom stereocenters. The van der Waals surface area contributed by atoms with Crippen LogP contribution in [0, 0.1) is 13.8 Å². The van der Waals surface area contributed by atoms with Crippen LogP contribution < -0.4 is 0 Å². The molecule has 0 radical (unpaired) electrons. The second kappa shape index (κ2) is 5.24. The SMILES string of the molecule is Cc1cc(C(=O)c2ccccc2)cc(C)c1C(C)(C)C. The third kappa shape index (κ3) is 2.82. The van der Waals surface area contributed by atoms with Crippen LogP contribution in [-0.4, -0.2) is 5.78 Å². The minimum Gasteiger partial charge on any atom is -0.289 e. The summed E-state index contributed by atoms with van der Waals surface area (Å²) in [6.45, 7) is 10.8. The van der Waals surface area contributed by atoms with Crippen LogP contribution in [0.15, 0.2) is 42.5 Å². The van der Waals surface area contributed by atoms with Crippen molar-refractivity contribution in [2.45, 2.75) is 40.0 Å². The van der Waals surface area contributed by atoms with Gasteiger partial charge in [0.1, 0.15) is 0 Å². The highest BCUT2D eigenvalue weighted by molar-refractivity contribution is 6.09. The van der Waals surface area contributed by atoms with E-state index in [0.717, 1.165) is 11.1 Å². The third-order valence-corrected chi connectivity index (χ3v) is 3.58. The third-order valence-electron chi connectivity index (χ3n) is 3.58. The molecule has 2 rings (SSSR count). The van der Waals surface area contributed by atoms with Crippen LogP contribution in [0.1, 0.15) is 53.4 Å². The van der Waals surface area contributed by atoms with E-state index in [4.69, 9.17) is 0 Å². The minimum atomic E-state index is 0.0947. The summed E-state index contributed by atoms with van der Waals surface area (Å²) in [5.41, 5.74) is 5.34. The molecule has 0 N–H and O–H groups in total. The highest BCUT2D eigenvalue weighted by Crippen LogP contribution is 2.30. The van der Waals surface area contributed by atoms with E-state index in [0.29, 0.717) is 0 Å². The highest BCUT2D eigenvalue weighted by atomic mass is 16.1. The molecule has 0 bridgehead atoms. The number of hydrogen-bond donors (Lipinski definition) is 0. The van der Waals surface area contributed by atoms with Gasteiger partial charge in [0.2, 0.25) is 0 Å². The van der Waals surface area contributed by atoms with E-state index >= 15 is 0 Å². The van der Waals surface area contributed by atoms with Crippen molar-refractivity contribution >= 4 is 5.78 Å². The van der Waals surface area contributed by atoms with Crippen molar-refractivity contribution in [3.8, 4) is 0 Å². The molecule has 20 heavy (non-hydrogen) atoms. The number of rotatable bonds is 2. The first-order valence-corrected chi connectivity index (χ1v) is 7.02. The lowest BCUT2D eigenvalue weighted by molar-refractivity contribution is 0.103. The summed E-state index contributed by atoms with van der Waals surface area (Å²) in [5, 5.41) is 0. The molecule has 1 heteroatoms. The quantitative estimate of drug-likeness (QED) is 0.711. The van der Waals surface area contributed by atoms with Crippen LogP contribution in [0.3, 0.4) is 0 Å². The number of ketones is 1. The normalized spacial score (nSPS) is 11.4. The van der Waals surface area contributed by atoms with Crippen LogP contribution >= 0.6 is 0 Å². The van der Waals surface area contributed by atoms with E-state index in [2.05, 4.69) is 34.6 Å². The molecule has 0 saturated heterocycles. The van der Waals surface area contributed by atoms with Crippen molar-refractivity contribution in [3.63, 3.8) is 0 Å². The molecule has 0 saturated carbocycles. The summed E-state index contributed by atoms with van der Waals surface area (Å²) in [5.74, 6) is 0.0947. The Morgan fingerprint density at radius 1 is 0.850 bits per heavy atom. The Morgan fingerprint density at radius 3 is 1.80 bits per heavy atom.